The molecule has 0 aromatic rings. The van der Waals surface area contributed by atoms with Gasteiger partial charge in [-0.15, -0.1) is 0 Å². The van der Waals surface area contributed by atoms with Crippen molar-refractivity contribution in [2.75, 3.05) is 6.61 Å². The lowest BCUT2D eigenvalue weighted by Gasteiger charge is -2.52. The van der Waals surface area contributed by atoms with E-state index in [4.69, 9.17) is 4.74 Å². The topological polar surface area (TPSA) is 9.23 Å². The van der Waals surface area contributed by atoms with E-state index in [-0.39, 0.29) is 5.60 Å². The molecule has 0 N–H and O–H groups in total. The Hall–Kier alpha value is -0.300. The summed E-state index contributed by atoms with van der Waals surface area (Å²) in [5.41, 5.74) is 2.09. The molecule has 0 amide bonds. The highest BCUT2D eigenvalue weighted by Crippen LogP contribution is 2.63. The lowest BCUT2D eigenvalue weighted by Crippen LogP contribution is -2.52. The van der Waals surface area contributed by atoms with Crippen molar-refractivity contribution in [2.45, 2.75) is 58.0 Å². The summed E-state index contributed by atoms with van der Waals surface area (Å²) in [5.74, 6) is 1.42. The molecule has 2 saturated carbocycles. The van der Waals surface area contributed by atoms with Crippen LogP contribution in [0.4, 0.5) is 0 Å². The average Bonchev–Trinajstić information content (AvgIpc) is 2.47. The number of ether oxygens (including phenoxy) is 1. The molecule has 1 nitrogen and oxygen atoms in total. The molecule has 16 heavy (non-hydrogen) atoms. The number of allylic oxidation sites excluding steroid dienone is 1. The fourth-order valence-electron chi connectivity index (χ4n) is 4.75. The molecule has 0 aromatic heterocycles. The van der Waals surface area contributed by atoms with Crippen LogP contribution in [-0.4, -0.2) is 12.2 Å². The van der Waals surface area contributed by atoms with Crippen LogP contribution in [0.2, 0.25) is 0 Å². The van der Waals surface area contributed by atoms with Gasteiger partial charge in [0.1, 0.15) is 0 Å². The summed E-state index contributed by atoms with van der Waals surface area (Å²) in [6.07, 6.45) is 7.79. The average molecular weight is 220 g/mol. The first-order chi connectivity index (χ1) is 7.60. The van der Waals surface area contributed by atoms with Crippen molar-refractivity contribution in [1.82, 2.24) is 0 Å². The molecule has 3 aliphatic rings. The lowest BCUT2D eigenvalue weighted by atomic mass is 9.53. The maximum atomic E-state index is 6.32. The molecule has 1 saturated heterocycles. The molecule has 4 atom stereocenters. The molecular formula is C15H24O. The smallest absolute Gasteiger partial charge is 0.0748 e. The molecule has 0 radical (unpaired) electrons. The van der Waals surface area contributed by atoms with E-state index in [1.165, 1.54) is 44.1 Å². The van der Waals surface area contributed by atoms with E-state index in [2.05, 4.69) is 20.4 Å². The summed E-state index contributed by atoms with van der Waals surface area (Å²) in [7, 11) is 0. The van der Waals surface area contributed by atoms with Gasteiger partial charge >= 0.3 is 0 Å². The largest absolute Gasteiger partial charge is 0.374 e. The van der Waals surface area contributed by atoms with Crippen molar-refractivity contribution in [3.05, 3.63) is 12.2 Å². The molecule has 2 aliphatic carbocycles. The number of hydrogen-bond donors (Lipinski definition) is 0. The first-order valence-electron chi connectivity index (χ1n) is 6.92. The third-order valence-electron chi connectivity index (χ3n) is 6.01. The molecule has 90 valence electrons. The van der Waals surface area contributed by atoms with Crippen molar-refractivity contribution < 1.29 is 4.74 Å². The van der Waals surface area contributed by atoms with Crippen LogP contribution in [0.3, 0.4) is 0 Å². The van der Waals surface area contributed by atoms with E-state index < -0.39 is 0 Å². The van der Waals surface area contributed by atoms with Gasteiger partial charge in [0.05, 0.1) is 12.2 Å². The Bertz CT molecular complexity index is 321. The molecule has 2 bridgehead atoms. The fraction of sp³-hybridized carbons (Fsp3) is 0.867. The second-order valence-corrected chi connectivity index (χ2v) is 6.45. The first-order valence-corrected chi connectivity index (χ1v) is 6.92. The van der Waals surface area contributed by atoms with E-state index in [0.29, 0.717) is 11.3 Å². The van der Waals surface area contributed by atoms with Crippen LogP contribution in [-0.2, 0) is 4.74 Å². The molecule has 1 heterocycles. The molecular weight excluding hydrogens is 196 g/mol. The summed E-state index contributed by atoms with van der Waals surface area (Å²) in [4.78, 5) is 0. The van der Waals surface area contributed by atoms with Gasteiger partial charge in [-0.2, -0.15) is 0 Å². The van der Waals surface area contributed by atoms with Gasteiger partial charge in [0.2, 0.25) is 0 Å². The van der Waals surface area contributed by atoms with Gasteiger partial charge in [0.15, 0.2) is 0 Å². The van der Waals surface area contributed by atoms with Gasteiger partial charge in [0, 0.05) is 5.41 Å². The Balaban J connectivity index is 2.10. The monoisotopic (exact) mass is 220 g/mol. The van der Waals surface area contributed by atoms with Crippen LogP contribution >= 0.6 is 0 Å². The summed E-state index contributed by atoms with van der Waals surface area (Å²) in [6, 6.07) is 0. The second-order valence-electron chi connectivity index (χ2n) is 6.45. The zero-order valence-electron chi connectivity index (χ0n) is 10.7. The Labute approximate surface area is 99.3 Å². The Morgan fingerprint density at radius 2 is 2.12 bits per heavy atom. The number of hydrogen-bond acceptors (Lipinski definition) is 1. The van der Waals surface area contributed by atoms with Gasteiger partial charge in [-0.05, 0) is 37.5 Å². The van der Waals surface area contributed by atoms with E-state index in [1.54, 1.807) is 0 Å². The Morgan fingerprint density at radius 3 is 2.94 bits per heavy atom. The highest BCUT2D eigenvalue weighted by atomic mass is 16.5. The summed E-state index contributed by atoms with van der Waals surface area (Å²) in [6.45, 7) is 10.2. The third-order valence-corrected chi connectivity index (χ3v) is 6.01. The predicted molar refractivity (Wildman–Crippen MR) is 66.3 cm³/mol. The van der Waals surface area contributed by atoms with Gasteiger partial charge in [-0.25, -0.2) is 0 Å². The maximum Gasteiger partial charge on any atom is 0.0748 e. The molecule has 1 aliphatic heterocycles. The van der Waals surface area contributed by atoms with Crippen LogP contribution in [0.15, 0.2) is 12.2 Å². The van der Waals surface area contributed by atoms with Crippen LogP contribution in [0, 0.1) is 17.3 Å². The normalized spacial score (nSPS) is 52.2. The molecule has 3 fully saturated rings. The van der Waals surface area contributed by atoms with E-state index in [1.807, 2.05) is 0 Å². The molecule has 0 aromatic carbocycles. The van der Waals surface area contributed by atoms with Crippen molar-refractivity contribution >= 4 is 0 Å². The minimum atomic E-state index is 0.203. The highest BCUT2D eigenvalue weighted by molar-refractivity contribution is 5.22. The summed E-state index contributed by atoms with van der Waals surface area (Å²) < 4.78 is 6.32. The molecule has 1 heteroatoms. The van der Waals surface area contributed by atoms with Crippen molar-refractivity contribution in [1.29, 1.82) is 0 Å². The standard InChI is InChI=1S/C15H24O/c1-11-7-9-15-8-5-4-6-13(11)14(15,3)12(2)10-16-15/h12-13H,1,4-10H2,2-3H3/t12-,13+,14-,15+/m1/s1. The predicted octanol–water partition coefficient (Wildman–Crippen LogP) is 3.94. The summed E-state index contributed by atoms with van der Waals surface area (Å²) >= 11 is 0. The lowest BCUT2D eigenvalue weighted by molar-refractivity contribution is -0.0975. The minimum Gasteiger partial charge on any atom is -0.374 e. The van der Waals surface area contributed by atoms with Gasteiger partial charge < -0.3 is 4.74 Å². The van der Waals surface area contributed by atoms with Crippen LogP contribution < -0.4 is 0 Å². The van der Waals surface area contributed by atoms with Gasteiger partial charge in [-0.1, -0.05) is 38.8 Å². The quantitative estimate of drug-likeness (QED) is 0.562. The Morgan fingerprint density at radius 1 is 1.31 bits per heavy atom. The van der Waals surface area contributed by atoms with Crippen LogP contribution in [0.1, 0.15) is 52.4 Å². The SMILES string of the molecule is C=C1CC[C@@]23CCCC[C@@H]1[C@@]2(C)[C@H](C)CO3. The number of rotatable bonds is 0. The molecule has 0 unspecified atom stereocenters. The first kappa shape index (κ1) is 10.8. The molecule has 3 rings (SSSR count). The Kier molecular flexibility index (Phi) is 2.27. The summed E-state index contributed by atoms with van der Waals surface area (Å²) in [5, 5.41) is 0. The van der Waals surface area contributed by atoms with Crippen molar-refractivity contribution in [3.63, 3.8) is 0 Å². The zero-order chi connectivity index (χ0) is 11.4. The van der Waals surface area contributed by atoms with Crippen molar-refractivity contribution in [2.24, 2.45) is 17.3 Å². The van der Waals surface area contributed by atoms with Crippen LogP contribution in [0.5, 0.6) is 0 Å². The third kappa shape index (κ3) is 1.11. The second kappa shape index (κ2) is 3.35. The maximum absolute atomic E-state index is 6.32. The zero-order valence-corrected chi connectivity index (χ0v) is 10.7. The molecule has 0 spiro atoms. The minimum absolute atomic E-state index is 0.203. The van der Waals surface area contributed by atoms with Gasteiger partial charge in [-0.3, -0.25) is 0 Å². The van der Waals surface area contributed by atoms with E-state index in [0.717, 1.165) is 12.5 Å². The fourth-order valence-corrected chi connectivity index (χ4v) is 4.75. The van der Waals surface area contributed by atoms with E-state index in [9.17, 15) is 0 Å². The van der Waals surface area contributed by atoms with E-state index >= 15 is 0 Å². The van der Waals surface area contributed by atoms with Crippen molar-refractivity contribution in [3.8, 4) is 0 Å². The van der Waals surface area contributed by atoms with Gasteiger partial charge in [0.25, 0.3) is 0 Å². The van der Waals surface area contributed by atoms with Crippen LogP contribution in [0.25, 0.3) is 0 Å². The highest BCUT2D eigenvalue weighted by Gasteiger charge is 2.62.